The lowest BCUT2D eigenvalue weighted by molar-refractivity contribution is -0.377. The van der Waals surface area contributed by atoms with Crippen LogP contribution >= 0.6 is 0 Å². The normalized spacial score (nSPS) is 55.6. The lowest BCUT2D eigenvalue weighted by Crippen LogP contribution is -2.72. The Morgan fingerprint density at radius 1 is 0.547 bits per heavy atom. The van der Waals surface area contributed by atoms with Crippen LogP contribution in [0.5, 0.6) is 0 Å². The van der Waals surface area contributed by atoms with E-state index in [1.165, 1.54) is 13.8 Å². The average Bonchev–Trinajstić information content (AvgIpc) is 0.673. The maximum absolute atomic E-state index is 15.4. The number of carbonyl (C=O) groups is 2. The third-order valence-corrected chi connectivity index (χ3v) is 22.6. The molecule has 0 spiro atoms. The van der Waals surface area contributed by atoms with E-state index in [0.717, 1.165) is 5.57 Å². The Morgan fingerprint density at radius 2 is 1.12 bits per heavy atom. The maximum atomic E-state index is 15.4. The van der Waals surface area contributed by atoms with Gasteiger partial charge in [-0.15, -0.1) is 0 Å². The minimum atomic E-state index is -1.99. The third-order valence-electron chi connectivity index (χ3n) is 22.6. The smallest absolute Gasteiger partial charge is 0.335 e. The van der Waals surface area contributed by atoms with Gasteiger partial charge in [0.2, 0.25) is 6.29 Å². The Hall–Kier alpha value is -2.28. The summed E-state index contributed by atoms with van der Waals surface area (Å²) in [5.74, 6) is -3.71. The van der Waals surface area contributed by atoms with Crippen LogP contribution in [0.15, 0.2) is 11.6 Å². The highest BCUT2D eigenvalue weighted by molar-refractivity contribution is 5.79. The molecule has 5 heterocycles. The second-order valence-corrected chi connectivity index (χ2v) is 28.4. The van der Waals surface area contributed by atoms with Crippen LogP contribution in [0.25, 0.3) is 0 Å². The molecule has 28 nitrogen and oxygen atoms in total. The largest absolute Gasteiger partial charge is 0.479 e. The predicted octanol–water partition coefficient (Wildman–Crippen LogP) is -3.87. The number of allylic oxidation sites excluding steroid dienone is 2. The molecule has 5 aliphatic carbocycles. The quantitative estimate of drug-likeness (QED) is 0.0505. The molecule has 5 aliphatic heterocycles. The number of ether oxygens (including phenoxy) is 10. The molecule has 28 heteroatoms. The van der Waals surface area contributed by atoms with Crippen molar-refractivity contribution in [2.75, 3.05) is 19.8 Å². The number of hydrogen-bond donors (Lipinski definition) is 16. The van der Waals surface area contributed by atoms with Crippen LogP contribution in [0.3, 0.4) is 0 Å². The van der Waals surface area contributed by atoms with Gasteiger partial charge in [0.25, 0.3) is 0 Å². The Morgan fingerprint density at radius 3 is 1.77 bits per heavy atom. The monoisotopic (exact) mass is 1240 g/mol. The molecule has 10 aliphatic rings. The predicted molar refractivity (Wildman–Crippen MR) is 285 cm³/mol. The van der Waals surface area contributed by atoms with Crippen molar-refractivity contribution >= 4 is 11.9 Å². The third kappa shape index (κ3) is 10.8. The zero-order valence-electron chi connectivity index (χ0n) is 49.7. The van der Waals surface area contributed by atoms with Gasteiger partial charge in [0.05, 0.1) is 55.8 Å². The van der Waals surface area contributed by atoms with Crippen LogP contribution in [-0.4, -0.2) is 273 Å². The van der Waals surface area contributed by atoms with E-state index >= 15 is 4.79 Å². The fourth-order valence-electron chi connectivity index (χ4n) is 17.7. The molecule has 0 aromatic rings. The van der Waals surface area contributed by atoms with Gasteiger partial charge in [-0.3, -0.25) is 4.79 Å². The highest BCUT2D eigenvalue weighted by atomic mass is 16.8. The molecule has 0 aromatic heterocycles. The molecule has 16 N–H and O–H groups in total. The van der Waals surface area contributed by atoms with Crippen molar-refractivity contribution in [2.45, 2.75) is 266 Å². The number of fused-ring (bicyclic) bond motifs is 7. The molecule has 10 rings (SSSR count). The van der Waals surface area contributed by atoms with E-state index in [1.807, 2.05) is 6.92 Å². The van der Waals surface area contributed by atoms with E-state index in [2.05, 4.69) is 33.8 Å². The summed E-state index contributed by atoms with van der Waals surface area (Å²) in [7, 11) is 0. The zero-order valence-corrected chi connectivity index (χ0v) is 49.7. The minimum Gasteiger partial charge on any atom is -0.479 e. The lowest BCUT2D eigenvalue weighted by Gasteiger charge is -2.72. The molecular formula is C58H92O28. The van der Waals surface area contributed by atoms with Crippen molar-refractivity contribution in [1.82, 2.24) is 0 Å². The van der Waals surface area contributed by atoms with Crippen molar-refractivity contribution in [3.8, 4) is 0 Å². The molecule has 34 atom stereocenters. The van der Waals surface area contributed by atoms with Gasteiger partial charge in [-0.2, -0.15) is 0 Å². The van der Waals surface area contributed by atoms with Crippen molar-refractivity contribution < 1.29 is 139 Å². The molecule has 86 heavy (non-hydrogen) atoms. The molecule has 492 valence electrons. The number of carboxylic acids is 1. The number of esters is 1. The number of carboxylic acid groups (broad SMARTS) is 1. The van der Waals surface area contributed by atoms with E-state index in [0.29, 0.717) is 38.5 Å². The first-order valence-electron chi connectivity index (χ1n) is 30.2. The van der Waals surface area contributed by atoms with E-state index in [4.69, 9.17) is 47.4 Å². The number of aliphatic hydroxyl groups is 15. The fraction of sp³-hybridized carbons (Fsp3) is 0.931. The summed E-state index contributed by atoms with van der Waals surface area (Å²) in [6, 6.07) is 0. The molecule has 0 bridgehead atoms. The lowest BCUT2D eigenvalue weighted by atomic mass is 9.33. The van der Waals surface area contributed by atoms with E-state index in [-0.39, 0.29) is 24.2 Å². The average molecular weight is 1240 g/mol. The van der Waals surface area contributed by atoms with E-state index in [9.17, 15) is 86.5 Å². The van der Waals surface area contributed by atoms with Gasteiger partial charge in [0.1, 0.15) is 85.5 Å². The van der Waals surface area contributed by atoms with Gasteiger partial charge in [0.15, 0.2) is 37.4 Å². The molecule has 0 amide bonds. The van der Waals surface area contributed by atoms with Crippen LogP contribution in [0.4, 0.5) is 0 Å². The van der Waals surface area contributed by atoms with Gasteiger partial charge in [-0.25, -0.2) is 4.79 Å². The van der Waals surface area contributed by atoms with Crippen molar-refractivity contribution in [3.63, 3.8) is 0 Å². The molecular weight excluding hydrogens is 1140 g/mol. The van der Waals surface area contributed by atoms with E-state index < -0.39 is 230 Å². The number of rotatable bonds is 12. The SMILES string of the molecule is C[C@@H]1O[C@@H](O[C@@H]2[C@@H](O)[C@H](O[C@@H]3[C@@H](O)[C@@H](O)[C@H](O[C@H]4[C@H](OC(=O)[C@]56CCC(C)(C)C[C@H]5C5=CC[C@@H]7[C@@]8(C)C[C@H](O)[C@H](O[C@@H]9O[C@H](C(=O)O)[C@@H](O)[C@H](O)[C@H]9O)[C@@](C)(CO)[C@@H]8[C@H](O)C[C@@]7(C)[C@]5(C)CC6)OC[C@H](O)[C@@H]4O)O[C@H]3C)OC[C@H]2O)[C@H](O)[C@H](O)[C@H]1O. The van der Waals surface area contributed by atoms with Gasteiger partial charge in [-0.05, 0) is 98.7 Å². The summed E-state index contributed by atoms with van der Waals surface area (Å²) in [6.07, 6.45) is -37.5. The summed E-state index contributed by atoms with van der Waals surface area (Å²) < 4.78 is 58.7. The van der Waals surface area contributed by atoms with Gasteiger partial charge < -0.3 is 129 Å². The van der Waals surface area contributed by atoms with Crippen LogP contribution < -0.4 is 0 Å². The van der Waals surface area contributed by atoms with Crippen molar-refractivity contribution in [3.05, 3.63) is 11.6 Å². The maximum Gasteiger partial charge on any atom is 0.335 e. The summed E-state index contributed by atoms with van der Waals surface area (Å²) in [5, 5.41) is 177. The Balaban J connectivity index is 0.854. The first kappa shape index (κ1) is 66.6. The molecule has 0 radical (unpaired) electrons. The van der Waals surface area contributed by atoms with Gasteiger partial charge >= 0.3 is 11.9 Å². The molecule has 4 saturated carbocycles. The van der Waals surface area contributed by atoms with Gasteiger partial charge in [-0.1, -0.05) is 53.2 Å². The number of aliphatic hydroxyl groups excluding tert-OH is 15. The Kier molecular flexibility index (Phi) is 18.6. The van der Waals surface area contributed by atoms with Gasteiger partial charge in [0, 0.05) is 11.3 Å². The van der Waals surface area contributed by atoms with Crippen molar-refractivity contribution in [1.29, 1.82) is 0 Å². The summed E-state index contributed by atoms with van der Waals surface area (Å²) in [4.78, 5) is 27.4. The first-order chi connectivity index (χ1) is 40.1. The topological polar surface area (TPSA) is 450 Å². The summed E-state index contributed by atoms with van der Waals surface area (Å²) in [6.45, 7) is 13.4. The molecule has 0 aromatic carbocycles. The Labute approximate surface area is 497 Å². The highest BCUT2D eigenvalue weighted by Gasteiger charge is 2.73. The number of carbonyl (C=O) groups excluding carboxylic acids is 1. The molecule has 0 unspecified atom stereocenters. The molecule has 5 saturated heterocycles. The second kappa shape index (κ2) is 24.0. The second-order valence-electron chi connectivity index (χ2n) is 28.4. The molecule has 9 fully saturated rings. The summed E-state index contributed by atoms with van der Waals surface area (Å²) >= 11 is 0. The summed E-state index contributed by atoms with van der Waals surface area (Å²) in [5.41, 5.74) is -4.15. The first-order valence-corrected chi connectivity index (χ1v) is 30.2. The standard InChI is InChI=1S/C58H92O28/c1-21-30(64)32(66)36(70)48(79-21)82-41-28(63)19-77-47(39(41)73)81-40-22(2)80-49(38(72)35(40)69)84-43-31(65)27(62)18-78-51(43)86-52(76)58-13-11-53(3,4)15-24(58)23-9-10-29-54(5)16-26(61)45(85-50-37(71)33(67)34(68)42(83-50)46(74)75)55(6,20-59)44(54)25(60)17-57(29,8)56(23,7)12-14-58/h9,21-22,24-45,47-51,59-73H,10-20H2,1-8H3,(H,74,75)/t21-,22-,24-,25+,26-,27-,28+,29+,30-,31-,32+,33-,34-,35-,36+,37+,38+,39+,40-,41-,42-,43+,44+,45-,47-,48-,49-,50-,51-,54+,55-,56+,57+,58-/m0/s1. The minimum absolute atomic E-state index is 0.0322. The van der Waals surface area contributed by atoms with Crippen LogP contribution in [0, 0.1) is 50.2 Å². The number of aliphatic carboxylic acids is 1. The van der Waals surface area contributed by atoms with Crippen LogP contribution in [-0.2, 0) is 57.0 Å². The zero-order chi connectivity index (χ0) is 63.0. The number of hydrogen-bond acceptors (Lipinski definition) is 27. The highest BCUT2D eigenvalue weighted by Crippen LogP contribution is 2.76. The fourth-order valence-corrected chi connectivity index (χ4v) is 17.7. The van der Waals surface area contributed by atoms with Crippen LogP contribution in [0.2, 0.25) is 0 Å². The Bertz CT molecular complexity index is 2470. The van der Waals surface area contributed by atoms with E-state index in [1.54, 1.807) is 6.92 Å². The van der Waals surface area contributed by atoms with Crippen LogP contribution in [0.1, 0.15) is 107 Å². The van der Waals surface area contributed by atoms with Crippen molar-refractivity contribution in [2.24, 2.45) is 50.2 Å².